The minimum absolute atomic E-state index is 0.0160. The van der Waals surface area contributed by atoms with Gasteiger partial charge in [0.1, 0.15) is 11.6 Å². The second-order valence-electron chi connectivity index (χ2n) is 7.46. The summed E-state index contributed by atoms with van der Waals surface area (Å²) in [5, 5.41) is 16.9. The van der Waals surface area contributed by atoms with Crippen molar-refractivity contribution in [3.8, 4) is 0 Å². The van der Waals surface area contributed by atoms with Gasteiger partial charge in [0.05, 0.1) is 24.5 Å². The Kier molecular flexibility index (Phi) is 5.87. The standard InChI is InChI=1S/C22H22F2N4O2/c23-17-6-4-15(5-7-17)11-27-13-20(9-21(27)14-29)28-12-19(10-25-28)26-22(30)16-2-1-3-18(24)8-16/h1-8,10,12,20-21,29H,9,11,13-14H2,(H,26,30)/t20-,21-/m0/s1. The SMILES string of the molecule is O=C(Nc1cnn([C@H]2C[C@@H](CO)N(Cc3ccc(F)cc3)C2)c1)c1cccc(F)c1. The van der Waals surface area contributed by atoms with E-state index in [-0.39, 0.29) is 30.1 Å². The number of aromatic nitrogens is 2. The van der Waals surface area contributed by atoms with Crippen molar-refractivity contribution in [2.45, 2.75) is 25.0 Å². The van der Waals surface area contributed by atoms with Gasteiger partial charge in [-0.1, -0.05) is 18.2 Å². The van der Waals surface area contributed by atoms with Gasteiger partial charge in [0, 0.05) is 30.9 Å². The third-order valence-corrected chi connectivity index (χ3v) is 5.34. The maximum atomic E-state index is 13.3. The predicted molar refractivity (Wildman–Crippen MR) is 108 cm³/mol. The number of hydrogen-bond donors (Lipinski definition) is 2. The summed E-state index contributed by atoms with van der Waals surface area (Å²) in [5.41, 5.74) is 1.72. The first-order chi connectivity index (χ1) is 14.5. The van der Waals surface area contributed by atoms with Gasteiger partial charge in [-0.3, -0.25) is 14.4 Å². The predicted octanol–water partition coefficient (Wildman–Crippen LogP) is 3.22. The molecule has 1 amide bonds. The van der Waals surface area contributed by atoms with Gasteiger partial charge < -0.3 is 10.4 Å². The van der Waals surface area contributed by atoms with Crippen molar-refractivity contribution in [1.82, 2.24) is 14.7 Å². The third kappa shape index (κ3) is 4.55. The Labute approximate surface area is 172 Å². The summed E-state index contributed by atoms with van der Waals surface area (Å²) >= 11 is 0. The quantitative estimate of drug-likeness (QED) is 0.652. The van der Waals surface area contributed by atoms with Gasteiger partial charge in [0.15, 0.2) is 0 Å². The Bertz CT molecular complexity index is 1020. The highest BCUT2D eigenvalue weighted by atomic mass is 19.1. The number of anilines is 1. The lowest BCUT2D eigenvalue weighted by molar-refractivity contribution is 0.102. The average molecular weight is 412 g/mol. The summed E-state index contributed by atoms with van der Waals surface area (Å²) in [7, 11) is 0. The van der Waals surface area contributed by atoms with Crippen molar-refractivity contribution in [3.05, 3.63) is 83.7 Å². The van der Waals surface area contributed by atoms with E-state index in [2.05, 4.69) is 15.3 Å². The van der Waals surface area contributed by atoms with Gasteiger partial charge in [0.2, 0.25) is 0 Å². The fraction of sp³-hybridized carbons (Fsp3) is 0.273. The van der Waals surface area contributed by atoms with Crippen LogP contribution in [-0.4, -0.2) is 44.9 Å². The van der Waals surface area contributed by atoms with Crippen molar-refractivity contribution in [2.75, 3.05) is 18.5 Å². The molecule has 0 bridgehead atoms. The maximum Gasteiger partial charge on any atom is 0.255 e. The number of nitrogens with zero attached hydrogens (tertiary/aromatic N) is 3. The topological polar surface area (TPSA) is 70.4 Å². The zero-order chi connectivity index (χ0) is 21.1. The summed E-state index contributed by atoms with van der Waals surface area (Å²) in [6.45, 7) is 1.29. The van der Waals surface area contributed by atoms with E-state index in [1.807, 2.05) is 0 Å². The molecule has 30 heavy (non-hydrogen) atoms. The molecular formula is C22H22F2N4O2. The molecule has 3 aromatic rings. The van der Waals surface area contributed by atoms with Crippen LogP contribution >= 0.6 is 0 Å². The summed E-state index contributed by atoms with van der Waals surface area (Å²) in [4.78, 5) is 14.4. The zero-order valence-corrected chi connectivity index (χ0v) is 16.2. The molecule has 1 aliphatic rings. The Morgan fingerprint density at radius 2 is 1.97 bits per heavy atom. The molecule has 8 heteroatoms. The van der Waals surface area contributed by atoms with Gasteiger partial charge in [-0.15, -0.1) is 0 Å². The molecule has 0 radical (unpaired) electrons. The van der Waals surface area contributed by atoms with Crippen molar-refractivity contribution < 1.29 is 18.7 Å². The van der Waals surface area contributed by atoms with E-state index < -0.39 is 11.7 Å². The molecule has 1 fully saturated rings. The highest BCUT2D eigenvalue weighted by Gasteiger charge is 2.33. The third-order valence-electron chi connectivity index (χ3n) is 5.34. The molecule has 0 unspecified atom stereocenters. The molecule has 2 heterocycles. The lowest BCUT2D eigenvalue weighted by Crippen LogP contribution is -2.31. The highest BCUT2D eigenvalue weighted by molar-refractivity contribution is 6.04. The van der Waals surface area contributed by atoms with Crippen molar-refractivity contribution in [2.24, 2.45) is 0 Å². The number of aliphatic hydroxyl groups excluding tert-OH is 1. The molecule has 6 nitrogen and oxygen atoms in total. The molecule has 1 aliphatic heterocycles. The van der Waals surface area contributed by atoms with Crippen LogP contribution in [0, 0.1) is 11.6 Å². The molecule has 1 aromatic heterocycles. The maximum absolute atomic E-state index is 13.3. The van der Waals surface area contributed by atoms with E-state index in [1.54, 1.807) is 35.3 Å². The fourth-order valence-corrected chi connectivity index (χ4v) is 3.79. The normalized spacial score (nSPS) is 19.2. The number of amides is 1. The molecule has 4 rings (SSSR count). The second-order valence-corrected chi connectivity index (χ2v) is 7.46. The van der Waals surface area contributed by atoms with E-state index in [1.165, 1.54) is 30.3 Å². The van der Waals surface area contributed by atoms with Crippen molar-refractivity contribution in [1.29, 1.82) is 0 Å². The lowest BCUT2D eigenvalue weighted by atomic mass is 10.1. The summed E-state index contributed by atoms with van der Waals surface area (Å²) in [6.07, 6.45) is 3.99. The van der Waals surface area contributed by atoms with Gasteiger partial charge in [0.25, 0.3) is 5.91 Å². The highest BCUT2D eigenvalue weighted by Crippen LogP contribution is 2.29. The van der Waals surface area contributed by atoms with Crippen LogP contribution < -0.4 is 5.32 Å². The molecule has 0 aliphatic carbocycles. The van der Waals surface area contributed by atoms with Gasteiger partial charge in [-0.05, 0) is 42.3 Å². The van der Waals surface area contributed by atoms with Crippen molar-refractivity contribution in [3.63, 3.8) is 0 Å². The number of carbonyl (C=O) groups is 1. The van der Waals surface area contributed by atoms with Crippen LogP contribution in [0.4, 0.5) is 14.5 Å². The number of aliphatic hydroxyl groups is 1. The minimum Gasteiger partial charge on any atom is -0.395 e. The van der Waals surface area contributed by atoms with E-state index in [0.717, 1.165) is 5.56 Å². The van der Waals surface area contributed by atoms with E-state index in [9.17, 15) is 18.7 Å². The van der Waals surface area contributed by atoms with Crippen LogP contribution in [0.15, 0.2) is 60.9 Å². The molecule has 2 aromatic carbocycles. The molecule has 1 saturated heterocycles. The molecule has 2 atom stereocenters. The number of nitrogens with one attached hydrogen (secondary N) is 1. The molecule has 0 saturated carbocycles. The summed E-state index contributed by atoms with van der Waals surface area (Å²) in [6, 6.07) is 11.8. The second kappa shape index (κ2) is 8.73. The van der Waals surface area contributed by atoms with Crippen molar-refractivity contribution >= 4 is 11.6 Å². The van der Waals surface area contributed by atoms with Crippen LogP contribution in [0.5, 0.6) is 0 Å². The number of carbonyl (C=O) groups excluding carboxylic acids is 1. The summed E-state index contributed by atoms with van der Waals surface area (Å²) < 4.78 is 28.2. The first kappa shape index (κ1) is 20.2. The largest absolute Gasteiger partial charge is 0.395 e. The lowest BCUT2D eigenvalue weighted by Gasteiger charge is -2.22. The van der Waals surface area contributed by atoms with Crippen LogP contribution in [0.25, 0.3) is 0 Å². The molecule has 156 valence electrons. The Hall–Kier alpha value is -3.10. The smallest absolute Gasteiger partial charge is 0.255 e. The Balaban J connectivity index is 1.41. The molecule has 0 spiro atoms. The van der Waals surface area contributed by atoms with E-state index in [4.69, 9.17) is 0 Å². The number of hydrogen-bond acceptors (Lipinski definition) is 4. The van der Waals surface area contributed by atoms with Crippen LogP contribution in [0.3, 0.4) is 0 Å². The molecule has 2 N–H and O–H groups in total. The number of halogens is 2. The van der Waals surface area contributed by atoms with E-state index in [0.29, 0.717) is 25.2 Å². The first-order valence-corrected chi connectivity index (χ1v) is 9.72. The van der Waals surface area contributed by atoms with Crippen LogP contribution in [0.1, 0.15) is 28.4 Å². The zero-order valence-electron chi connectivity index (χ0n) is 16.2. The fourth-order valence-electron chi connectivity index (χ4n) is 3.79. The average Bonchev–Trinajstić information content (AvgIpc) is 3.36. The Morgan fingerprint density at radius 3 is 2.70 bits per heavy atom. The molecular weight excluding hydrogens is 390 g/mol. The number of benzene rings is 2. The van der Waals surface area contributed by atoms with Gasteiger partial charge in [-0.2, -0.15) is 5.10 Å². The Morgan fingerprint density at radius 1 is 1.17 bits per heavy atom. The number of likely N-dealkylation sites (tertiary alicyclic amines) is 1. The number of rotatable bonds is 6. The van der Waals surface area contributed by atoms with Gasteiger partial charge in [-0.25, -0.2) is 8.78 Å². The van der Waals surface area contributed by atoms with E-state index >= 15 is 0 Å². The van der Waals surface area contributed by atoms with Crippen LogP contribution in [0.2, 0.25) is 0 Å². The van der Waals surface area contributed by atoms with Crippen LogP contribution in [-0.2, 0) is 6.54 Å². The first-order valence-electron chi connectivity index (χ1n) is 9.72. The van der Waals surface area contributed by atoms with Gasteiger partial charge >= 0.3 is 0 Å². The minimum atomic E-state index is -0.472. The summed E-state index contributed by atoms with van der Waals surface area (Å²) in [5.74, 6) is -1.16. The monoisotopic (exact) mass is 412 g/mol.